The third-order valence-electron chi connectivity index (χ3n) is 2.13. The molecule has 0 amide bonds. The first-order valence-corrected chi connectivity index (χ1v) is 5.32. The van der Waals surface area contributed by atoms with Gasteiger partial charge in [-0.15, -0.1) is 24.0 Å². The number of hydrogen-bond donors (Lipinski definition) is 1. The number of ether oxygens (including phenoxy) is 1. The summed E-state index contributed by atoms with van der Waals surface area (Å²) in [5, 5.41) is 0. The normalized spacial score (nSPS) is 10.1. The van der Waals surface area contributed by atoms with Gasteiger partial charge in [-0.05, 0) is 12.5 Å². The molecule has 0 saturated carbocycles. The van der Waals surface area contributed by atoms with E-state index in [9.17, 15) is 0 Å². The lowest BCUT2D eigenvalue weighted by molar-refractivity contribution is 0.399. The lowest BCUT2D eigenvalue weighted by atomic mass is 10.3. The van der Waals surface area contributed by atoms with Crippen molar-refractivity contribution in [2.45, 2.75) is 12.8 Å². The van der Waals surface area contributed by atoms with Crippen LogP contribution in [0.3, 0.4) is 0 Å². The number of pyridine rings is 1. The van der Waals surface area contributed by atoms with E-state index in [0.29, 0.717) is 17.4 Å². The summed E-state index contributed by atoms with van der Waals surface area (Å²) in [5.41, 5.74) is 1.62. The molecule has 0 bridgehead atoms. The number of methoxy groups -OCH3 is 1. The Morgan fingerprint density at radius 3 is 2.88 bits per heavy atom. The van der Waals surface area contributed by atoms with E-state index in [1.165, 1.54) is 0 Å². The molecule has 0 spiro atoms. The summed E-state index contributed by atoms with van der Waals surface area (Å²) in [7, 11) is 1.59. The third-order valence-corrected chi connectivity index (χ3v) is 2.39. The summed E-state index contributed by atoms with van der Waals surface area (Å²) in [6, 6.07) is 3.73. The Labute approximate surface area is 105 Å². The summed E-state index contributed by atoms with van der Waals surface area (Å²) in [5.74, 6) is 2.15. The second-order valence-electron chi connectivity index (χ2n) is 3.20. The minimum absolute atomic E-state index is 0. The predicted octanol–water partition coefficient (Wildman–Crippen LogP) is 2.56. The molecule has 2 aromatic rings. The monoisotopic (exact) mass is 261 g/mol. The largest absolute Gasteiger partial charge is 0.481 e. The average Bonchev–Trinajstić information content (AvgIpc) is 2.67. The van der Waals surface area contributed by atoms with E-state index in [1.54, 1.807) is 7.11 Å². The van der Waals surface area contributed by atoms with E-state index in [-0.39, 0.29) is 12.4 Å². The van der Waals surface area contributed by atoms with Gasteiger partial charge in [0.25, 0.3) is 0 Å². The topological polar surface area (TPSA) is 50.8 Å². The number of alkyl halides is 1. The second kappa shape index (κ2) is 5.92. The van der Waals surface area contributed by atoms with Crippen molar-refractivity contribution in [1.29, 1.82) is 0 Å². The highest BCUT2D eigenvalue weighted by Gasteiger charge is 2.04. The van der Waals surface area contributed by atoms with E-state index >= 15 is 0 Å². The van der Waals surface area contributed by atoms with Crippen molar-refractivity contribution in [3.8, 4) is 5.88 Å². The lowest BCUT2D eigenvalue weighted by Gasteiger charge is -1.95. The van der Waals surface area contributed by atoms with Gasteiger partial charge >= 0.3 is 0 Å². The molecule has 4 nitrogen and oxygen atoms in total. The Balaban J connectivity index is 0.00000128. The molecule has 1 N–H and O–H groups in total. The van der Waals surface area contributed by atoms with Crippen molar-refractivity contribution >= 4 is 35.2 Å². The predicted molar refractivity (Wildman–Crippen MR) is 66.7 cm³/mol. The zero-order chi connectivity index (χ0) is 10.7. The number of aromatic nitrogens is 3. The zero-order valence-corrected chi connectivity index (χ0v) is 10.4. The Morgan fingerprint density at radius 1 is 1.38 bits per heavy atom. The first kappa shape index (κ1) is 13.1. The fourth-order valence-corrected chi connectivity index (χ4v) is 1.53. The van der Waals surface area contributed by atoms with Gasteiger partial charge in [0.05, 0.1) is 12.6 Å². The number of aromatic amines is 1. The molecule has 0 aliphatic heterocycles. The molecule has 16 heavy (non-hydrogen) atoms. The molecule has 0 aromatic carbocycles. The maximum Gasteiger partial charge on any atom is 0.215 e. The molecule has 2 aromatic heterocycles. The van der Waals surface area contributed by atoms with E-state index in [1.807, 2.05) is 12.1 Å². The molecule has 0 saturated heterocycles. The van der Waals surface area contributed by atoms with Crippen LogP contribution in [0.2, 0.25) is 0 Å². The molecule has 0 fully saturated rings. The first-order chi connectivity index (χ1) is 7.33. The average molecular weight is 262 g/mol. The van der Waals surface area contributed by atoms with E-state index in [0.717, 1.165) is 24.2 Å². The van der Waals surface area contributed by atoms with Crippen molar-refractivity contribution in [3.63, 3.8) is 0 Å². The quantitative estimate of drug-likeness (QED) is 0.861. The lowest BCUT2D eigenvalue weighted by Crippen LogP contribution is -1.88. The number of nitrogens with one attached hydrogen (secondary N) is 1. The van der Waals surface area contributed by atoms with Gasteiger partial charge in [0.1, 0.15) is 5.82 Å². The summed E-state index contributed by atoms with van der Waals surface area (Å²) in [6.45, 7) is 0. The van der Waals surface area contributed by atoms with E-state index in [2.05, 4.69) is 15.0 Å². The van der Waals surface area contributed by atoms with Crippen molar-refractivity contribution in [1.82, 2.24) is 15.0 Å². The van der Waals surface area contributed by atoms with Crippen LogP contribution in [0.15, 0.2) is 12.1 Å². The van der Waals surface area contributed by atoms with Gasteiger partial charge in [0, 0.05) is 18.4 Å². The third kappa shape index (κ3) is 2.77. The van der Waals surface area contributed by atoms with Gasteiger partial charge in [0.15, 0.2) is 5.65 Å². The highest BCUT2D eigenvalue weighted by Crippen LogP contribution is 2.14. The molecule has 2 rings (SSSR count). The number of rotatable bonds is 4. The SMILES string of the molecule is COc1ccc2[nH]c(CCCCl)nc2n1.Cl. The van der Waals surface area contributed by atoms with Crippen LogP contribution < -0.4 is 4.74 Å². The number of imidazole rings is 1. The number of fused-ring (bicyclic) bond motifs is 1. The van der Waals surface area contributed by atoms with E-state index in [4.69, 9.17) is 16.3 Å². The van der Waals surface area contributed by atoms with Crippen LogP contribution in [0.5, 0.6) is 5.88 Å². The van der Waals surface area contributed by atoms with Gasteiger partial charge in [-0.3, -0.25) is 0 Å². The Kier molecular flexibility index (Phi) is 4.83. The maximum absolute atomic E-state index is 5.62. The molecule has 2 heterocycles. The molecule has 88 valence electrons. The number of nitrogens with zero attached hydrogens (tertiary/aromatic N) is 2. The highest BCUT2D eigenvalue weighted by molar-refractivity contribution is 6.17. The second-order valence-corrected chi connectivity index (χ2v) is 3.58. The number of halogens is 2. The number of aryl methyl sites for hydroxylation is 1. The minimum atomic E-state index is 0. The molecule has 0 radical (unpaired) electrons. The molecule has 0 aliphatic rings. The zero-order valence-electron chi connectivity index (χ0n) is 8.86. The summed E-state index contributed by atoms with van der Waals surface area (Å²) < 4.78 is 5.03. The van der Waals surface area contributed by atoms with E-state index < -0.39 is 0 Å². The van der Waals surface area contributed by atoms with Crippen LogP contribution >= 0.6 is 24.0 Å². The summed E-state index contributed by atoms with van der Waals surface area (Å²) >= 11 is 5.62. The Morgan fingerprint density at radius 2 is 2.19 bits per heavy atom. The van der Waals surface area contributed by atoms with Crippen molar-refractivity contribution < 1.29 is 4.74 Å². The summed E-state index contributed by atoms with van der Waals surface area (Å²) in [4.78, 5) is 11.8. The molecule has 0 atom stereocenters. The molecule has 0 unspecified atom stereocenters. The first-order valence-electron chi connectivity index (χ1n) is 4.79. The van der Waals surface area contributed by atoms with Gasteiger partial charge in [-0.2, -0.15) is 4.98 Å². The van der Waals surface area contributed by atoms with Crippen LogP contribution in [-0.4, -0.2) is 27.9 Å². The maximum atomic E-state index is 5.62. The van der Waals surface area contributed by atoms with Crippen molar-refractivity contribution in [2.24, 2.45) is 0 Å². The van der Waals surface area contributed by atoms with Crippen LogP contribution in [0.4, 0.5) is 0 Å². The van der Waals surface area contributed by atoms with Crippen LogP contribution in [0.1, 0.15) is 12.2 Å². The number of hydrogen-bond acceptors (Lipinski definition) is 3. The van der Waals surface area contributed by atoms with Crippen molar-refractivity contribution in [2.75, 3.05) is 13.0 Å². The van der Waals surface area contributed by atoms with Gasteiger partial charge in [0.2, 0.25) is 5.88 Å². The Bertz CT molecular complexity index is 458. The van der Waals surface area contributed by atoms with Gasteiger partial charge < -0.3 is 9.72 Å². The minimum Gasteiger partial charge on any atom is -0.481 e. The fourth-order valence-electron chi connectivity index (χ4n) is 1.39. The molecule has 6 heteroatoms. The smallest absolute Gasteiger partial charge is 0.215 e. The Hall–Kier alpha value is -1.00. The fraction of sp³-hybridized carbons (Fsp3) is 0.400. The molecular formula is C10H13Cl2N3O. The molecule has 0 aliphatic carbocycles. The van der Waals surface area contributed by atoms with Gasteiger partial charge in [-0.1, -0.05) is 0 Å². The molecular weight excluding hydrogens is 249 g/mol. The number of H-pyrrole nitrogens is 1. The van der Waals surface area contributed by atoms with Crippen LogP contribution in [-0.2, 0) is 6.42 Å². The van der Waals surface area contributed by atoms with Crippen molar-refractivity contribution in [3.05, 3.63) is 18.0 Å². The summed E-state index contributed by atoms with van der Waals surface area (Å²) in [6.07, 6.45) is 1.76. The van der Waals surface area contributed by atoms with Crippen LogP contribution in [0.25, 0.3) is 11.2 Å². The standard InChI is InChI=1S/C10H12ClN3O.ClH/c1-15-9-5-4-7-10(14-9)13-8(12-7)3-2-6-11;/h4-5H,2-3,6H2,1H3,(H,12,13,14);1H. The van der Waals surface area contributed by atoms with Gasteiger partial charge in [-0.25, -0.2) is 4.98 Å². The van der Waals surface area contributed by atoms with Crippen LogP contribution in [0, 0.1) is 0 Å². The highest BCUT2D eigenvalue weighted by atomic mass is 35.5.